The molecule has 1 saturated heterocycles. The second-order valence-corrected chi connectivity index (χ2v) is 3.71. The van der Waals surface area contributed by atoms with Crippen LogP contribution in [0.5, 0.6) is 5.75 Å². The average Bonchev–Trinajstić information content (AvgIpc) is 2.73. The lowest BCUT2D eigenvalue weighted by molar-refractivity contribution is -0.0507. The number of benzene rings is 1. The van der Waals surface area contributed by atoms with Crippen molar-refractivity contribution >= 4 is 12.4 Å². The molecule has 1 aliphatic heterocycles. The van der Waals surface area contributed by atoms with Crippen molar-refractivity contribution in [1.82, 2.24) is 5.32 Å². The smallest absolute Gasteiger partial charge is 0.387 e. The van der Waals surface area contributed by atoms with Crippen LogP contribution in [0.3, 0.4) is 0 Å². The number of rotatable bonds is 3. The Morgan fingerprint density at radius 2 is 2.12 bits per heavy atom. The number of alkyl halides is 2. The van der Waals surface area contributed by atoms with Crippen molar-refractivity contribution in [3.8, 4) is 5.75 Å². The molecular formula is C11H13ClF3NO. The normalized spacial score (nSPS) is 19.2. The van der Waals surface area contributed by atoms with Gasteiger partial charge in [-0.3, -0.25) is 0 Å². The molecule has 0 spiro atoms. The van der Waals surface area contributed by atoms with Crippen LogP contribution in [0.25, 0.3) is 0 Å². The first-order valence-corrected chi connectivity index (χ1v) is 5.14. The van der Waals surface area contributed by atoms with Gasteiger partial charge in [0, 0.05) is 11.6 Å². The van der Waals surface area contributed by atoms with E-state index in [0.29, 0.717) is 5.56 Å². The summed E-state index contributed by atoms with van der Waals surface area (Å²) < 4.78 is 41.7. The Hall–Kier alpha value is -0.940. The largest absolute Gasteiger partial charge is 0.434 e. The van der Waals surface area contributed by atoms with Crippen molar-refractivity contribution in [2.45, 2.75) is 25.5 Å². The zero-order valence-corrected chi connectivity index (χ0v) is 9.77. The van der Waals surface area contributed by atoms with Gasteiger partial charge in [0.05, 0.1) is 0 Å². The van der Waals surface area contributed by atoms with Gasteiger partial charge in [-0.05, 0) is 37.6 Å². The van der Waals surface area contributed by atoms with E-state index < -0.39 is 12.4 Å². The van der Waals surface area contributed by atoms with E-state index in [1.807, 2.05) is 0 Å². The van der Waals surface area contributed by atoms with Gasteiger partial charge in [0.1, 0.15) is 11.6 Å². The van der Waals surface area contributed by atoms with E-state index in [2.05, 4.69) is 10.1 Å². The molecular weight excluding hydrogens is 255 g/mol. The Balaban J connectivity index is 0.00000144. The van der Waals surface area contributed by atoms with Gasteiger partial charge in [-0.2, -0.15) is 8.78 Å². The lowest BCUT2D eigenvalue weighted by Gasteiger charge is -2.16. The van der Waals surface area contributed by atoms with Crippen molar-refractivity contribution < 1.29 is 17.9 Å². The summed E-state index contributed by atoms with van der Waals surface area (Å²) in [5, 5.41) is 3.12. The highest BCUT2D eigenvalue weighted by Crippen LogP contribution is 2.32. The minimum atomic E-state index is -2.88. The summed E-state index contributed by atoms with van der Waals surface area (Å²) >= 11 is 0. The van der Waals surface area contributed by atoms with Gasteiger partial charge in [0.2, 0.25) is 0 Å². The zero-order chi connectivity index (χ0) is 11.5. The van der Waals surface area contributed by atoms with Crippen LogP contribution >= 0.6 is 12.4 Å². The molecule has 0 bridgehead atoms. The van der Waals surface area contributed by atoms with Crippen LogP contribution in [-0.4, -0.2) is 13.2 Å². The summed E-state index contributed by atoms with van der Waals surface area (Å²) in [7, 11) is 0. The van der Waals surface area contributed by atoms with Crippen LogP contribution in [0.4, 0.5) is 13.2 Å². The van der Waals surface area contributed by atoms with E-state index >= 15 is 0 Å². The average molecular weight is 268 g/mol. The molecule has 1 aliphatic rings. The van der Waals surface area contributed by atoms with Crippen LogP contribution < -0.4 is 10.1 Å². The minimum Gasteiger partial charge on any atom is -0.434 e. The molecule has 0 unspecified atom stereocenters. The monoisotopic (exact) mass is 267 g/mol. The van der Waals surface area contributed by atoms with Gasteiger partial charge in [-0.25, -0.2) is 4.39 Å². The van der Waals surface area contributed by atoms with Crippen molar-refractivity contribution in [2.24, 2.45) is 0 Å². The molecule has 0 saturated carbocycles. The molecule has 2 nitrogen and oxygen atoms in total. The first-order chi connectivity index (χ1) is 7.66. The summed E-state index contributed by atoms with van der Waals surface area (Å²) in [5.74, 6) is -0.388. The van der Waals surface area contributed by atoms with Crippen LogP contribution in [-0.2, 0) is 0 Å². The third-order valence-corrected chi connectivity index (χ3v) is 2.62. The molecule has 1 N–H and O–H groups in total. The standard InChI is InChI=1S/C11H12F3NO.ClH/c12-7-3-4-10(16-11(13)14)8(6-7)9-2-1-5-15-9;/h3-4,6,9,11,15H,1-2,5H2;1H/t9-;/m1./s1. The summed E-state index contributed by atoms with van der Waals surface area (Å²) in [6.07, 6.45) is 1.76. The molecule has 6 heteroatoms. The molecule has 1 heterocycles. The second-order valence-electron chi connectivity index (χ2n) is 3.71. The summed E-state index contributed by atoms with van der Waals surface area (Å²) in [5.41, 5.74) is 0.470. The lowest BCUT2D eigenvalue weighted by atomic mass is 10.0. The number of hydrogen-bond acceptors (Lipinski definition) is 2. The first-order valence-electron chi connectivity index (χ1n) is 5.14. The highest BCUT2D eigenvalue weighted by Gasteiger charge is 2.21. The third-order valence-electron chi connectivity index (χ3n) is 2.62. The SMILES string of the molecule is Cl.Fc1ccc(OC(F)F)c([C@H]2CCCN2)c1. The molecule has 1 aromatic carbocycles. The molecule has 1 atom stereocenters. The van der Waals surface area contributed by atoms with E-state index in [1.165, 1.54) is 12.1 Å². The quantitative estimate of drug-likeness (QED) is 0.908. The lowest BCUT2D eigenvalue weighted by Crippen LogP contribution is -2.15. The maximum absolute atomic E-state index is 13.1. The molecule has 2 rings (SSSR count). The van der Waals surface area contributed by atoms with Gasteiger partial charge in [0.25, 0.3) is 0 Å². The fourth-order valence-corrected chi connectivity index (χ4v) is 1.94. The Labute approximate surface area is 104 Å². The number of hydrogen-bond donors (Lipinski definition) is 1. The van der Waals surface area contributed by atoms with Crippen LogP contribution in [0, 0.1) is 5.82 Å². The van der Waals surface area contributed by atoms with Gasteiger partial charge < -0.3 is 10.1 Å². The van der Waals surface area contributed by atoms with Gasteiger partial charge >= 0.3 is 6.61 Å². The predicted octanol–water partition coefficient (Wildman–Crippen LogP) is 3.27. The Bertz CT molecular complexity index is 370. The maximum atomic E-state index is 13.1. The van der Waals surface area contributed by atoms with Gasteiger partial charge in [-0.15, -0.1) is 12.4 Å². The Morgan fingerprint density at radius 1 is 1.35 bits per heavy atom. The highest BCUT2D eigenvalue weighted by atomic mass is 35.5. The molecule has 0 amide bonds. The van der Waals surface area contributed by atoms with Crippen LogP contribution in [0.2, 0.25) is 0 Å². The minimum absolute atomic E-state index is 0. The fourth-order valence-electron chi connectivity index (χ4n) is 1.94. The molecule has 1 aromatic rings. The highest BCUT2D eigenvalue weighted by molar-refractivity contribution is 5.85. The maximum Gasteiger partial charge on any atom is 0.387 e. The van der Waals surface area contributed by atoms with Gasteiger partial charge in [0.15, 0.2) is 0 Å². The van der Waals surface area contributed by atoms with E-state index in [1.54, 1.807) is 0 Å². The second kappa shape index (κ2) is 6.12. The molecule has 0 aliphatic carbocycles. The van der Waals surface area contributed by atoms with Crippen molar-refractivity contribution in [3.05, 3.63) is 29.6 Å². The van der Waals surface area contributed by atoms with E-state index in [-0.39, 0.29) is 24.2 Å². The number of halogens is 4. The van der Waals surface area contributed by atoms with Crippen molar-refractivity contribution in [2.75, 3.05) is 6.54 Å². The topological polar surface area (TPSA) is 21.3 Å². The van der Waals surface area contributed by atoms with E-state index in [0.717, 1.165) is 25.5 Å². The summed E-state index contributed by atoms with van der Waals surface area (Å²) in [6.45, 7) is -2.07. The van der Waals surface area contributed by atoms with Crippen LogP contribution in [0.15, 0.2) is 18.2 Å². The molecule has 1 fully saturated rings. The predicted molar refractivity (Wildman–Crippen MR) is 60.3 cm³/mol. The zero-order valence-electron chi connectivity index (χ0n) is 8.96. The third kappa shape index (κ3) is 3.51. The van der Waals surface area contributed by atoms with Gasteiger partial charge in [-0.1, -0.05) is 0 Å². The molecule has 0 radical (unpaired) electrons. The first kappa shape index (κ1) is 14.1. The Kier molecular flexibility index (Phi) is 5.08. The molecule has 96 valence electrons. The number of nitrogens with one attached hydrogen (secondary N) is 1. The molecule has 17 heavy (non-hydrogen) atoms. The van der Waals surface area contributed by atoms with Crippen LogP contribution in [0.1, 0.15) is 24.4 Å². The summed E-state index contributed by atoms with van der Waals surface area (Å²) in [4.78, 5) is 0. The molecule has 0 aromatic heterocycles. The van der Waals surface area contributed by atoms with E-state index in [4.69, 9.17) is 0 Å². The van der Waals surface area contributed by atoms with E-state index in [9.17, 15) is 13.2 Å². The van der Waals surface area contributed by atoms with Crippen molar-refractivity contribution in [3.63, 3.8) is 0 Å². The van der Waals surface area contributed by atoms with Crippen molar-refractivity contribution in [1.29, 1.82) is 0 Å². The fraction of sp³-hybridized carbons (Fsp3) is 0.455. The number of ether oxygens (including phenoxy) is 1. The summed E-state index contributed by atoms with van der Waals surface area (Å²) in [6, 6.07) is 3.53. The Morgan fingerprint density at radius 3 is 2.71 bits per heavy atom.